The van der Waals surface area contributed by atoms with Gasteiger partial charge >= 0.3 is 0 Å². The first-order chi connectivity index (χ1) is 10.6. The fourth-order valence-electron chi connectivity index (χ4n) is 2.15. The van der Waals surface area contributed by atoms with E-state index in [1.165, 1.54) is 0 Å². The fourth-order valence-corrected chi connectivity index (χ4v) is 2.52. The SMILES string of the molecule is CCN(CC)C(=S)NC(=O)COc1ccc2ccccc2c1. The average Bonchev–Trinajstić information content (AvgIpc) is 2.54. The first-order valence-corrected chi connectivity index (χ1v) is 7.75. The number of amides is 1. The molecule has 5 heteroatoms. The van der Waals surface area contributed by atoms with Crippen LogP contribution in [0.2, 0.25) is 0 Å². The summed E-state index contributed by atoms with van der Waals surface area (Å²) in [7, 11) is 0. The second kappa shape index (κ2) is 7.75. The van der Waals surface area contributed by atoms with Gasteiger partial charge in [-0.25, -0.2) is 0 Å². The van der Waals surface area contributed by atoms with Crippen molar-refractivity contribution in [1.82, 2.24) is 10.2 Å². The van der Waals surface area contributed by atoms with E-state index >= 15 is 0 Å². The van der Waals surface area contributed by atoms with Crippen LogP contribution in [0.15, 0.2) is 42.5 Å². The third kappa shape index (κ3) is 4.18. The lowest BCUT2D eigenvalue weighted by molar-refractivity contribution is -0.121. The minimum Gasteiger partial charge on any atom is -0.484 e. The molecule has 0 spiro atoms. The van der Waals surface area contributed by atoms with Gasteiger partial charge < -0.3 is 15.0 Å². The Hall–Kier alpha value is -2.14. The van der Waals surface area contributed by atoms with E-state index in [2.05, 4.69) is 5.32 Å². The highest BCUT2D eigenvalue weighted by Gasteiger charge is 2.10. The summed E-state index contributed by atoms with van der Waals surface area (Å²) in [5, 5.41) is 5.35. The Balaban J connectivity index is 1.91. The molecular weight excluding hydrogens is 296 g/mol. The molecule has 0 saturated carbocycles. The van der Waals surface area contributed by atoms with E-state index in [1.54, 1.807) is 0 Å². The van der Waals surface area contributed by atoms with Gasteiger partial charge in [0.25, 0.3) is 5.91 Å². The molecule has 0 aromatic heterocycles. The third-order valence-corrected chi connectivity index (χ3v) is 3.75. The summed E-state index contributed by atoms with van der Waals surface area (Å²) in [4.78, 5) is 13.8. The van der Waals surface area contributed by atoms with Crippen LogP contribution in [-0.2, 0) is 4.79 Å². The summed E-state index contributed by atoms with van der Waals surface area (Å²) in [5.41, 5.74) is 0. The summed E-state index contributed by atoms with van der Waals surface area (Å²) in [5.74, 6) is 0.424. The summed E-state index contributed by atoms with van der Waals surface area (Å²) < 4.78 is 5.53. The first kappa shape index (κ1) is 16.2. The van der Waals surface area contributed by atoms with Gasteiger partial charge in [0.2, 0.25) is 0 Å². The van der Waals surface area contributed by atoms with Gasteiger partial charge in [0.15, 0.2) is 11.7 Å². The second-order valence-corrected chi connectivity index (χ2v) is 5.21. The number of hydrogen-bond donors (Lipinski definition) is 1. The molecule has 0 bridgehead atoms. The molecule has 0 unspecified atom stereocenters. The summed E-state index contributed by atoms with van der Waals surface area (Å²) in [6.07, 6.45) is 0. The molecule has 0 atom stereocenters. The van der Waals surface area contributed by atoms with Crippen LogP contribution in [0.4, 0.5) is 0 Å². The highest BCUT2D eigenvalue weighted by Crippen LogP contribution is 2.20. The maximum absolute atomic E-state index is 11.9. The van der Waals surface area contributed by atoms with E-state index < -0.39 is 0 Å². The zero-order chi connectivity index (χ0) is 15.9. The topological polar surface area (TPSA) is 41.6 Å². The van der Waals surface area contributed by atoms with Gasteiger partial charge in [-0.1, -0.05) is 30.3 Å². The number of rotatable bonds is 5. The zero-order valence-corrected chi connectivity index (χ0v) is 13.7. The Bertz CT molecular complexity index is 669. The van der Waals surface area contributed by atoms with Gasteiger partial charge in [0.05, 0.1) is 0 Å². The molecule has 1 N–H and O–H groups in total. The molecule has 22 heavy (non-hydrogen) atoms. The Labute approximate surface area is 136 Å². The molecule has 2 aromatic rings. The Morgan fingerprint density at radius 3 is 2.50 bits per heavy atom. The summed E-state index contributed by atoms with van der Waals surface area (Å²) >= 11 is 5.18. The normalized spacial score (nSPS) is 10.3. The van der Waals surface area contributed by atoms with Crippen molar-refractivity contribution in [2.24, 2.45) is 0 Å². The molecule has 116 valence electrons. The predicted octanol–water partition coefficient (Wildman–Crippen LogP) is 2.96. The van der Waals surface area contributed by atoms with Crippen LogP contribution in [-0.4, -0.2) is 35.6 Å². The van der Waals surface area contributed by atoms with Crippen molar-refractivity contribution < 1.29 is 9.53 Å². The van der Waals surface area contributed by atoms with Gasteiger partial charge in [-0.05, 0) is 49.0 Å². The molecular formula is C17H20N2O2S. The monoisotopic (exact) mass is 316 g/mol. The Morgan fingerprint density at radius 1 is 1.14 bits per heavy atom. The van der Waals surface area contributed by atoms with Crippen LogP contribution >= 0.6 is 12.2 Å². The Kier molecular flexibility index (Phi) is 5.72. The number of nitrogens with one attached hydrogen (secondary N) is 1. The smallest absolute Gasteiger partial charge is 0.264 e. The zero-order valence-electron chi connectivity index (χ0n) is 12.8. The highest BCUT2D eigenvalue weighted by molar-refractivity contribution is 7.80. The molecule has 0 aliphatic carbocycles. The maximum Gasteiger partial charge on any atom is 0.264 e. The molecule has 0 saturated heterocycles. The minimum absolute atomic E-state index is 0.0558. The fraction of sp³-hybridized carbons (Fsp3) is 0.294. The van der Waals surface area contributed by atoms with Crippen molar-refractivity contribution in [1.29, 1.82) is 0 Å². The summed E-state index contributed by atoms with van der Waals surface area (Å²) in [6.45, 7) is 5.46. The number of fused-ring (bicyclic) bond motifs is 1. The largest absolute Gasteiger partial charge is 0.484 e. The van der Waals surface area contributed by atoms with E-state index in [1.807, 2.05) is 61.2 Å². The Morgan fingerprint density at radius 2 is 1.82 bits per heavy atom. The predicted molar refractivity (Wildman–Crippen MR) is 93.1 cm³/mol. The van der Waals surface area contributed by atoms with E-state index in [9.17, 15) is 4.79 Å². The average molecular weight is 316 g/mol. The van der Waals surface area contributed by atoms with E-state index in [-0.39, 0.29) is 12.5 Å². The number of hydrogen-bond acceptors (Lipinski definition) is 3. The van der Waals surface area contributed by atoms with Crippen LogP contribution in [0.3, 0.4) is 0 Å². The highest BCUT2D eigenvalue weighted by atomic mass is 32.1. The standard InChI is InChI=1S/C17H20N2O2S/c1-3-19(4-2)17(22)18-16(20)12-21-15-10-9-13-7-5-6-8-14(13)11-15/h5-11H,3-4,12H2,1-2H3,(H,18,20,22). The van der Waals surface area contributed by atoms with Crippen molar-refractivity contribution in [3.8, 4) is 5.75 Å². The lowest BCUT2D eigenvalue weighted by Crippen LogP contribution is -2.44. The third-order valence-electron chi connectivity index (χ3n) is 3.39. The van der Waals surface area contributed by atoms with E-state index in [4.69, 9.17) is 17.0 Å². The molecule has 2 aromatic carbocycles. The van der Waals surface area contributed by atoms with Crippen LogP contribution < -0.4 is 10.1 Å². The van der Waals surface area contributed by atoms with Gasteiger partial charge in [-0.3, -0.25) is 4.79 Å². The molecule has 0 aliphatic heterocycles. The number of carbonyl (C=O) groups excluding carboxylic acids is 1. The molecule has 0 aliphatic rings. The minimum atomic E-state index is -0.245. The van der Waals surface area contributed by atoms with E-state index in [0.717, 1.165) is 23.9 Å². The maximum atomic E-state index is 11.9. The quantitative estimate of drug-likeness (QED) is 0.861. The molecule has 2 rings (SSSR count). The molecule has 0 heterocycles. The number of nitrogens with zero attached hydrogens (tertiary/aromatic N) is 1. The van der Waals surface area contributed by atoms with Crippen molar-refractivity contribution in [2.45, 2.75) is 13.8 Å². The van der Waals surface area contributed by atoms with Crippen LogP contribution in [0.1, 0.15) is 13.8 Å². The molecule has 4 nitrogen and oxygen atoms in total. The number of benzene rings is 2. The number of carbonyl (C=O) groups is 1. The second-order valence-electron chi connectivity index (χ2n) is 4.82. The summed E-state index contributed by atoms with van der Waals surface area (Å²) in [6, 6.07) is 13.8. The van der Waals surface area contributed by atoms with Crippen LogP contribution in [0.25, 0.3) is 10.8 Å². The number of thiocarbonyl (C=S) groups is 1. The van der Waals surface area contributed by atoms with Gasteiger partial charge in [-0.15, -0.1) is 0 Å². The van der Waals surface area contributed by atoms with Crippen molar-refractivity contribution in [3.63, 3.8) is 0 Å². The van der Waals surface area contributed by atoms with E-state index in [0.29, 0.717) is 10.9 Å². The molecule has 1 amide bonds. The molecule has 0 fully saturated rings. The van der Waals surface area contributed by atoms with Crippen molar-refractivity contribution >= 4 is 34.0 Å². The van der Waals surface area contributed by atoms with Crippen LogP contribution in [0.5, 0.6) is 5.75 Å². The molecule has 0 radical (unpaired) electrons. The van der Waals surface area contributed by atoms with Crippen molar-refractivity contribution in [3.05, 3.63) is 42.5 Å². The van der Waals surface area contributed by atoms with Crippen molar-refractivity contribution in [2.75, 3.05) is 19.7 Å². The number of ether oxygens (including phenoxy) is 1. The van der Waals surface area contributed by atoms with Crippen LogP contribution in [0, 0.1) is 0 Å². The van der Waals surface area contributed by atoms with Gasteiger partial charge in [-0.2, -0.15) is 0 Å². The first-order valence-electron chi connectivity index (χ1n) is 7.34. The lowest BCUT2D eigenvalue weighted by Gasteiger charge is -2.21. The van der Waals surface area contributed by atoms with Gasteiger partial charge in [0, 0.05) is 13.1 Å². The van der Waals surface area contributed by atoms with Gasteiger partial charge in [0.1, 0.15) is 5.75 Å². The lowest BCUT2D eigenvalue weighted by atomic mass is 10.1.